The predicted octanol–water partition coefficient (Wildman–Crippen LogP) is 3.24. The van der Waals surface area contributed by atoms with Gasteiger partial charge in [0.2, 0.25) is 5.91 Å². The molecule has 0 aromatic carbocycles. The molecule has 1 amide bonds. The molecule has 116 valence electrons. The molecule has 1 aliphatic heterocycles. The van der Waals surface area contributed by atoms with Gasteiger partial charge in [-0.1, -0.05) is 26.2 Å². The highest BCUT2D eigenvalue weighted by atomic mass is 16.1. The molecular weight excluding hydrogens is 248 g/mol. The molecule has 2 N–H and O–H groups in total. The van der Waals surface area contributed by atoms with Gasteiger partial charge in [0.05, 0.1) is 0 Å². The van der Waals surface area contributed by atoms with Crippen LogP contribution in [0, 0.1) is 11.8 Å². The van der Waals surface area contributed by atoms with E-state index in [9.17, 15) is 4.79 Å². The molecule has 1 heterocycles. The van der Waals surface area contributed by atoms with Crippen LogP contribution in [0.25, 0.3) is 0 Å². The number of hydrogen-bond donors (Lipinski definition) is 2. The van der Waals surface area contributed by atoms with Crippen molar-refractivity contribution in [3.05, 3.63) is 0 Å². The van der Waals surface area contributed by atoms with Crippen molar-refractivity contribution < 1.29 is 4.79 Å². The minimum Gasteiger partial charge on any atom is -0.353 e. The largest absolute Gasteiger partial charge is 0.353 e. The van der Waals surface area contributed by atoms with Gasteiger partial charge in [0.1, 0.15) is 0 Å². The molecule has 1 atom stereocenters. The number of carbonyl (C=O) groups is 1. The Morgan fingerprint density at radius 3 is 2.50 bits per heavy atom. The highest BCUT2D eigenvalue weighted by molar-refractivity contribution is 5.76. The molecule has 1 saturated carbocycles. The van der Waals surface area contributed by atoms with Gasteiger partial charge in [0.25, 0.3) is 0 Å². The van der Waals surface area contributed by atoms with Crippen LogP contribution in [-0.2, 0) is 4.79 Å². The van der Waals surface area contributed by atoms with Gasteiger partial charge in [-0.15, -0.1) is 0 Å². The van der Waals surface area contributed by atoms with Crippen molar-refractivity contribution in [2.45, 2.75) is 77.2 Å². The molecule has 0 bridgehead atoms. The zero-order valence-electron chi connectivity index (χ0n) is 13.1. The minimum atomic E-state index is 0.293. The summed E-state index contributed by atoms with van der Waals surface area (Å²) >= 11 is 0. The molecule has 0 aromatic rings. The predicted molar refractivity (Wildman–Crippen MR) is 83.6 cm³/mol. The van der Waals surface area contributed by atoms with Crippen molar-refractivity contribution in [1.82, 2.24) is 10.6 Å². The molecule has 0 aromatic heterocycles. The van der Waals surface area contributed by atoms with Crippen LogP contribution < -0.4 is 10.6 Å². The van der Waals surface area contributed by atoms with Crippen LogP contribution in [0.15, 0.2) is 0 Å². The van der Waals surface area contributed by atoms with Gasteiger partial charge in [-0.25, -0.2) is 0 Å². The minimum absolute atomic E-state index is 0.293. The van der Waals surface area contributed by atoms with Crippen LogP contribution in [0.2, 0.25) is 0 Å². The molecule has 0 radical (unpaired) electrons. The first-order valence-electron chi connectivity index (χ1n) is 8.79. The second-order valence-electron chi connectivity index (χ2n) is 6.71. The molecule has 20 heavy (non-hydrogen) atoms. The summed E-state index contributed by atoms with van der Waals surface area (Å²) in [6.07, 6.45) is 12.1. The third kappa shape index (κ3) is 5.08. The van der Waals surface area contributed by atoms with Gasteiger partial charge in [-0.05, 0) is 63.5 Å². The van der Waals surface area contributed by atoms with E-state index in [1.54, 1.807) is 0 Å². The summed E-state index contributed by atoms with van der Waals surface area (Å²) in [6.45, 7) is 4.48. The number of carbonyl (C=O) groups excluding carboxylic acids is 1. The Labute approximate surface area is 124 Å². The third-order valence-electron chi connectivity index (χ3n) is 5.24. The summed E-state index contributed by atoms with van der Waals surface area (Å²) in [4.78, 5) is 12.2. The zero-order valence-corrected chi connectivity index (χ0v) is 13.1. The first-order chi connectivity index (χ1) is 9.79. The molecule has 3 heteroatoms. The molecule has 1 aliphatic carbocycles. The van der Waals surface area contributed by atoms with Crippen LogP contribution in [0.3, 0.4) is 0 Å². The lowest BCUT2D eigenvalue weighted by atomic mass is 9.83. The molecule has 1 unspecified atom stereocenters. The maximum atomic E-state index is 12.2. The van der Waals surface area contributed by atoms with E-state index < -0.39 is 0 Å². The summed E-state index contributed by atoms with van der Waals surface area (Å²) in [7, 11) is 0. The topological polar surface area (TPSA) is 41.1 Å². The van der Waals surface area contributed by atoms with Crippen LogP contribution in [-0.4, -0.2) is 25.0 Å². The quantitative estimate of drug-likeness (QED) is 0.784. The van der Waals surface area contributed by atoms with Crippen LogP contribution >= 0.6 is 0 Å². The van der Waals surface area contributed by atoms with Crippen molar-refractivity contribution in [2.75, 3.05) is 13.1 Å². The average molecular weight is 280 g/mol. The molecule has 2 fully saturated rings. The first kappa shape index (κ1) is 15.8. The average Bonchev–Trinajstić information content (AvgIpc) is 2.52. The summed E-state index contributed by atoms with van der Waals surface area (Å²) < 4.78 is 0. The second-order valence-corrected chi connectivity index (χ2v) is 6.71. The molecule has 0 spiro atoms. The van der Waals surface area contributed by atoms with Crippen molar-refractivity contribution >= 4 is 5.91 Å². The Morgan fingerprint density at radius 1 is 1.15 bits per heavy atom. The van der Waals surface area contributed by atoms with E-state index in [0.29, 0.717) is 11.9 Å². The summed E-state index contributed by atoms with van der Waals surface area (Å²) in [5, 5.41) is 6.71. The van der Waals surface area contributed by atoms with Gasteiger partial charge >= 0.3 is 0 Å². The van der Waals surface area contributed by atoms with Crippen molar-refractivity contribution in [1.29, 1.82) is 0 Å². The fourth-order valence-corrected chi connectivity index (χ4v) is 3.87. The molecular formula is C17H32N2O. The normalized spacial score (nSPS) is 23.4. The number of hydrogen-bond acceptors (Lipinski definition) is 2. The smallest absolute Gasteiger partial charge is 0.220 e. The lowest BCUT2D eigenvalue weighted by molar-refractivity contribution is -0.122. The summed E-state index contributed by atoms with van der Waals surface area (Å²) in [5.41, 5.74) is 0. The Bertz CT molecular complexity index is 281. The maximum Gasteiger partial charge on any atom is 0.220 e. The second kappa shape index (κ2) is 8.66. The van der Waals surface area contributed by atoms with E-state index in [-0.39, 0.29) is 0 Å². The van der Waals surface area contributed by atoms with E-state index in [1.807, 2.05) is 0 Å². The lowest BCUT2D eigenvalue weighted by Crippen LogP contribution is -2.40. The van der Waals surface area contributed by atoms with Crippen molar-refractivity contribution in [2.24, 2.45) is 11.8 Å². The molecule has 3 nitrogen and oxygen atoms in total. The lowest BCUT2D eigenvalue weighted by Gasteiger charge is -2.30. The maximum absolute atomic E-state index is 12.2. The zero-order chi connectivity index (χ0) is 14.2. The third-order valence-corrected chi connectivity index (χ3v) is 5.24. The van der Waals surface area contributed by atoms with E-state index in [4.69, 9.17) is 0 Å². The monoisotopic (exact) mass is 280 g/mol. The number of nitrogens with one attached hydrogen (secondary N) is 2. The van der Waals surface area contributed by atoms with Crippen molar-refractivity contribution in [3.8, 4) is 0 Å². The number of amides is 1. The van der Waals surface area contributed by atoms with E-state index in [1.165, 1.54) is 44.9 Å². The van der Waals surface area contributed by atoms with Crippen LogP contribution in [0.1, 0.15) is 71.1 Å². The van der Waals surface area contributed by atoms with Crippen LogP contribution in [0.5, 0.6) is 0 Å². The van der Waals surface area contributed by atoms with Crippen LogP contribution in [0.4, 0.5) is 0 Å². The van der Waals surface area contributed by atoms with Gasteiger partial charge in [0.15, 0.2) is 0 Å². The van der Waals surface area contributed by atoms with Crippen molar-refractivity contribution in [3.63, 3.8) is 0 Å². The first-order valence-corrected chi connectivity index (χ1v) is 8.79. The Kier molecular flexibility index (Phi) is 6.85. The highest BCUT2D eigenvalue weighted by Crippen LogP contribution is 2.28. The van der Waals surface area contributed by atoms with Gasteiger partial charge in [0, 0.05) is 12.5 Å². The number of rotatable bonds is 6. The van der Waals surface area contributed by atoms with Gasteiger partial charge in [-0.2, -0.15) is 0 Å². The Hall–Kier alpha value is -0.570. The fourth-order valence-electron chi connectivity index (χ4n) is 3.87. The molecule has 1 saturated heterocycles. The number of piperidine rings is 1. The standard InChI is InChI=1S/C17H32N2O/c1-2-16(15-6-4-3-5-7-15)19-17(20)9-8-14-10-12-18-13-11-14/h14-16,18H,2-13H2,1H3,(H,19,20). The Balaban J connectivity index is 1.68. The summed E-state index contributed by atoms with van der Waals surface area (Å²) in [6, 6.07) is 0.427. The fraction of sp³-hybridized carbons (Fsp3) is 0.941. The SMILES string of the molecule is CCC(NC(=O)CCC1CCNCC1)C1CCCCC1. The Morgan fingerprint density at radius 2 is 1.85 bits per heavy atom. The van der Waals surface area contributed by atoms with E-state index >= 15 is 0 Å². The van der Waals surface area contributed by atoms with E-state index in [2.05, 4.69) is 17.6 Å². The van der Waals surface area contributed by atoms with Gasteiger partial charge < -0.3 is 10.6 Å². The molecule has 2 aliphatic rings. The van der Waals surface area contributed by atoms with E-state index in [0.717, 1.165) is 44.2 Å². The molecule has 2 rings (SSSR count). The van der Waals surface area contributed by atoms with Gasteiger partial charge in [-0.3, -0.25) is 4.79 Å². The summed E-state index contributed by atoms with van der Waals surface area (Å²) in [5.74, 6) is 1.79. The highest BCUT2D eigenvalue weighted by Gasteiger charge is 2.24.